The van der Waals surface area contributed by atoms with E-state index in [4.69, 9.17) is 0 Å². The summed E-state index contributed by atoms with van der Waals surface area (Å²) in [6, 6.07) is 28.2. The van der Waals surface area contributed by atoms with Crippen molar-refractivity contribution in [1.29, 1.82) is 0 Å². The maximum absolute atomic E-state index is 13.2. The summed E-state index contributed by atoms with van der Waals surface area (Å²) in [5.41, 5.74) is 3.46. The van der Waals surface area contributed by atoms with Crippen LogP contribution in [0.5, 0.6) is 0 Å². The zero-order valence-electron chi connectivity index (χ0n) is 14.7. The molecule has 0 fully saturated rings. The number of ketones is 1. The molecule has 2 nitrogen and oxygen atoms in total. The van der Waals surface area contributed by atoms with Crippen molar-refractivity contribution in [2.24, 2.45) is 0 Å². The standard InChI is InChI=1S/C24H21NO/c1-18-9-8-14-21(17-18)25-22-15-16-23(26)24(22,19-10-4-2-5-11-19)20-12-6-3-7-13-20/h2-17,22,25H,1H3/t22-/m1/s1. The molecular formula is C24H21NO. The smallest absolute Gasteiger partial charge is 0.172 e. The summed E-state index contributed by atoms with van der Waals surface area (Å²) >= 11 is 0. The Morgan fingerprint density at radius 3 is 2.00 bits per heavy atom. The molecule has 26 heavy (non-hydrogen) atoms. The van der Waals surface area contributed by atoms with Crippen LogP contribution in [0.25, 0.3) is 0 Å². The summed E-state index contributed by atoms with van der Waals surface area (Å²) in [5, 5.41) is 3.59. The fraction of sp³-hybridized carbons (Fsp3) is 0.125. The van der Waals surface area contributed by atoms with Crippen molar-refractivity contribution >= 4 is 11.5 Å². The summed E-state index contributed by atoms with van der Waals surface area (Å²) < 4.78 is 0. The zero-order chi connectivity index (χ0) is 18.0. The van der Waals surface area contributed by atoms with Crippen molar-refractivity contribution in [2.75, 3.05) is 5.32 Å². The lowest BCUT2D eigenvalue weighted by atomic mass is 9.69. The topological polar surface area (TPSA) is 29.1 Å². The Hall–Kier alpha value is -3.13. The Kier molecular flexibility index (Phi) is 4.18. The third kappa shape index (κ3) is 2.64. The Morgan fingerprint density at radius 1 is 0.808 bits per heavy atom. The van der Waals surface area contributed by atoms with Gasteiger partial charge in [0.2, 0.25) is 0 Å². The molecule has 1 aliphatic carbocycles. The average Bonchev–Trinajstić information content (AvgIpc) is 3.00. The van der Waals surface area contributed by atoms with Crippen LogP contribution in [0, 0.1) is 6.92 Å². The largest absolute Gasteiger partial charge is 0.377 e. The number of anilines is 1. The molecule has 0 aliphatic heterocycles. The molecule has 0 unspecified atom stereocenters. The minimum absolute atomic E-state index is 0.111. The molecule has 0 heterocycles. The van der Waals surface area contributed by atoms with Crippen molar-refractivity contribution in [3.63, 3.8) is 0 Å². The number of allylic oxidation sites excluding steroid dienone is 1. The van der Waals surface area contributed by atoms with Crippen molar-refractivity contribution in [2.45, 2.75) is 18.4 Å². The van der Waals surface area contributed by atoms with Gasteiger partial charge in [0.1, 0.15) is 5.41 Å². The lowest BCUT2D eigenvalue weighted by molar-refractivity contribution is -0.117. The average molecular weight is 339 g/mol. The van der Waals surface area contributed by atoms with E-state index in [2.05, 4.69) is 24.4 Å². The van der Waals surface area contributed by atoms with Crippen LogP contribution in [-0.4, -0.2) is 11.8 Å². The third-order valence-electron chi connectivity index (χ3n) is 5.09. The first-order valence-electron chi connectivity index (χ1n) is 8.88. The molecule has 3 aromatic carbocycles. The number of nitrogens with one attached hydrogen (secondary N) is 1. The number of carbonyl (C=O) groups excluding carboxylic acids is 1. The highest BCUT2D eigenvalue weighted by atomic mass is 16.1. The Balaban J connectivity index is 1.87. The van der Waals surface area contributed by atoms with Gasteiger partial charge in [-0.2, -0.15) is 0 Å². The van der Waals surface area contributed by atoms with Gasteiger partial charge in [0.15, 0.2) is 5.78 Å². The third-order valence-corrected chi connectivity index (χ3v) is 5.09. The molecule has 2 heteroatoms. The van der Waals surface area contributed by atoms with Crippen LogP contribution < -0.4 is 5.32 Å². The van der Waals surface area contributed by atoms with Crippen LogP contribution in [0.3, 0.4) is 0 Å². The molecule has 0 saturated heterocycles. The molecule has 4 rings (SSSR count). The molecule has 0 saturated carbocycles. The molecule has 0 amide bonds. The Labute approximate surface area is 154 Å². The predicted molar refractivity (Wildman–Crippen MR) is 106 cm³/mol. The van der Waals surface area contributed by atoms with Crippen LogP contribution in [0.4, 0.5) is 5.69 Å². The normalized spacial score (nSPS) is 18.0. The number of carbonyl (C=O) groups is 1. The van der Waals surface area contributed by atoms with Crippen molar-refractivity contribution in [3.05, 3.63) is 114 Å². The number of aryl methyl sites for hydroxylation is 1. The zero-order valence-corrected chi connectivity index (χ0v) is 14.7. The second-order valence-corrected chi connectivity index (χ2v) is 6.75. The van der Waals surface area contributed by atoms with Crippen LogP contribution >= 0.6 is 0 Å². The quantitative estimate of drug-likeness (QED) is 0.732. The molecule has 1 N–H and O–H groups in total. The number of hydrogen-bond acceptors (Lipinski definition) is 2. The molecule has 0 bridgehead atoms. The van der Waals surface area contributed by atoms with Crippen molar-refractivity contribution in [3.8, 4) is 0 Å². The van der Waals surface area contributed by atoms with E-state index in [1.165, 1.54) is 5.56 Å². The van der Waals surface area contributed by atoms with Gasteiger partial charge in [-0.1, -0.05) is 78.9 Å². The Bertz CT molecular complexity index is 905. The van der Waals surface area contributed by atoms with E-state index in [0.717, 1.165) is 16.8 Å². The van der Waals surface area contributed by atoms with Crippen molar-refractivity contribution < 1.29 is 4.79 Å². The maximum atomic E-state index is 13.2. The van der Waals surface area contributed by atoms with Gasteiger partial charge in [-0.15, -0.1) is 0 Å². The van der Waals surface area contributed by atoms with Crippen LogP contribution in [0.15, 0.2) is 97.1 Å². The fourth-order valence-electron chi connectivity index (χ4n) is 3.90. The second-order valence-electron chi connectivity index (χ2n) is 6.75. The first-order chi connectivity index (χ1) is 12.7. The highest BCUT2D eigenvalue weighted by Gasteiger charge is 2.49. The SMILES string of the molecule is Cc1cccc(N[C@@H]2C=CC(=O)C2(c2ccccc2)c2ccccc2)c1. The van der Waals surface area contributed by atoms with Gasteiger partial charge < -0.3 is 5.32 Å². The Morgan fingerprint density at radius 2 is 1.42 bits per heavy atom. The lowest BCUT2D eigenvalue weighted by Crippen LogP contribution is -2.46. The van der Waals surface area contributed by atoms with Gasteiger partial charge in [-0.05, 0) is 41.8 Å². The van der Waals surface area contributed by atoms with Crippen LogP contribution in [0.1, 0.15) is 16.7 Å². The molecule has 3 aromatic rings. The highest BCUT2D eigenvalue weighted by Crippen LogP contribution is 2.42. The number of hydrogen-bond donors (Lipinski definition) is 1. The molecule has 128 valence electrons. The van der Waals surface area contributed by atoms with Crippen molar-refractivity contribution in [1.82, 2.24) is 0 Å². The lowest BCUT2D eigenvalue weighted by Gasteiger charge is -2.36. The molecule has 0 radical (unpaired) electrons. The number of rotatable bonds is 4. The van der Waals surface area contributed by atoms with Gasteiger partial charge in [0, 0.05) is 5.69 Å². The molecule has 0 aromatic heterocycles. The molecule has 0 spiro atoms. The van der Waals surface area contributed by atoms with Gasteiger partial charge in [0.05, 0.1) is 6.04 Å². The summed E-state index contributed by atoms with van der Waals surface area (Å²) in [6.07, 6.45) is 3.71. The molecule has 1 atom stereocenters. The van der Waals surface area contributed by atoms with Gasteiger partial charge in [-0.25, -0.2) is 0 Å². The summed E-state index contributed by atoms with van der Waals surface area (Å²) in [4.78, 5) is 13.2. The predicted octanol–water partition coefficient (Wildman–Crippen LogP) is 4.90. The maximum Gasteiger partial charge on any atom is 0.172 e. The minimum Gasteiger partial charge on any atom is -0.377 e. The second kappa shape index (κ2) is 6.64. The first kappa shape index (κ1) is 16.3. The molecular weight excluding hydrogens is 318 g/mol. The van der Waals surface area contributed by atoms with E-state index in [9.17, 15) is 4.79 Å². The van der Waals surface area contributed by atoms with E-state index >= 15 is 0 Å². The highest BCUT2D eigenvalue weighted by molar-refractivity contribution is 6.06. The van der Waals surface area contributed by atoms with E-state index < -0.39 is 5.41 Å². The van der Waals surface area contributed by atoms with Gasteiger partial charge >= 0.3 is 0 Å². The van der Waals surface area contributed by atoms with Crippen LogP contribution in [-0.2, 0) is 10.2 Å². The summed E-state index contributed by atoms with van der Waals surface area (Å²) in [5.74, 6) is 0.111. The van der Waals surface area contributed by atoms with Gasteiger partial charge in [-0.3, -0.25) is 4.79 Å². The van der Waals surface area contributed by atoms with E-state index in [1.54, 1.807) is 6.08 Å². The molecule has 1 aliphatic rings. The monoisotopic (exact) mass is 339 g/mol. The van der Waals surface area contributed by atoms with Gasteiger partial charge in [0.25, 0.3) is 0 Å². The first-order valence-corrected chi connectivity index (χ1v) is 8.88. The number of benzene rings is 3. The van der Waals surface area contributed by atoms with E-state index in [0.29, 0.717) is 0 Å². The minimum atomic E-state index is -0.758. The fourth-order valence-corrected chi connectivity index (χ4v) is 3.90. The van der Waals surface area contributed by atoms with Crippen LogP contribution in [0.2, 0.25) is 0 Å². The van der Waals surface area contributed by atoms with E-state index in [1.807, 2.05) is 78.9 Å². The summed E-state index contributed by atoms with van der Waals surface area (Å²) in [7, 11) is 0. The summed E-state index contributed by atoms with van der Waals surface area (Å²) in [6.45, 7) is 2.07. The van der Waals surface area contributed by atoms with E-state index in [-0.39, 0.29) is 11.8 Å².